The van der Waals surface area contributed by atoms with Crippen molar-refractivity contribution in [2.24, 2.45) is 0 Å². The molecule has 0 radical (unpaired) electrons. The second-order valence-electron chi connectivity index (χ2n) is 10.0. The largest absolute Gasteiger partial charge is 0.507 e. The molecule has 9 N–H and O–H groups in total. The molecule has 0 unspecified atom stereocenters. The van der Waals surface area contributed by atoms with Gasteiger partial charge in [0.15, 0.2) is 52.5 Å². The van der Waals surface area contributed by atoms with Crippen molar-refractivity contribution >= 4 is 16.9 Å². The van der Waals surface area contributed by atoms with E-state index < -0.39 is 105 Å². The van der Waals surface area contributed by atoms with E-state index in [0.29, 0.717) is 0 Å². The smallest absolute Gasteiger partial charge is 0.338 e. The van der Waals surface area contributed by atoms with Crippen molar-refractivity contribution in [3.05, 3.63) is 52.2 Å². The molecule has 1 saturated heterocycles. The third-order valence-electron chi connectivity index (χ3n) is 7.04. The van der Waals surface area contributed by atoms with E-state index >= 15 is 0 Å². The first-order valence-electron chi connectivity index (χ1n) is 13.0. The number of esters is 1. The molecule has 5 atom stereocenters. The summed E-state index contributed by atoms with van der Waals surface area (Å²) in [5.74, 6) is -8.08. The molecule has 0 bridgehead atoms. The van der Waals surface area contributed by atoms with Crippen LogP contribution in [0.5, 0.6) is 51.7 Å². The highest BCUT2D eigenvalue weighted by molar-refractivity contribution is 5.91. The number of methoxy groups -OCH3 is 1. The van der Waals surface area contributed by atoms with Crippen molar-refractivity contribution < 1.29 is 74.1 Å². The van der Waals surface area contributed by atoms with Crippen molar-refractivity contribution in [1.29, 1.82) is 0 Å². The minimum atomic E-state index is -2.02. The summed E-state index contributed by atoms with van der Waals surface area (Å²) >= 11 is 0. The lowest BCUT2D eigenvalue weighted by molar-refractivity contribution is -0.267. The minimum Gasteiger partial charge on any atom is -0.507 e. The van der Waals surface area contributed by atoms with Gasteiger partial charge in [0, 0.05) is 17.7 Å². The fraction of sp³-hybridized carbons (Fsp3) is 0.241. The number of carbonyl (C=O) groups excluding carboxylic acids is 1. The van der Waals surface area contributed by atoms with Crippen LogP contribution in [0.25, 0.3) is 22.3 Å². The van der Waals surface area contributed by atoms with E-state index in [2.05, 4.69) is 0 Å². The van der Waals surface area contributed by atoms with Gasteiger partial charge in [-0.05, 0) is 31.2 Å². The fourth-order valence-electron chi connectivity index (χ4n) is 4.67. The third-order valence-corrected chi connectivity index (χ3v) is 7.04. The van der Waals surface area contributed by atoms with Crippen LogP contribution < -0.4 is 14.9 Å². The van der Waals surface area contributed by atoms with Gasteiger partial charge in [-0.1, -0.05) is 0 Å². The quantitative estimate of drug-likeness (QED) is 0.108. The molecule has 0 spiro atoms. The summed E-state index contributed by atoms with van der Waals surface area (Å²) in [5.41, 5.74) is -1.94. The minimum absolute atomic E-state index is 0.0907. The Bertz CT molecular complexity index is 1820. The van der Waals surface area contributed by atoms with Gasteiger partial charge < -0.3 is 69.3 Å². The number of aliphatic hydroxyl groups excluding tert-OH is 2. The Labute approximate surface area is 251 Å². The summed E-state index contributed by atoms with van der Waals surface area (Å²) < 4.78 is 27.5. The van der Waals surface area contributed by atoms with Gasteiger partial charge in [-0.3, -0.25) is 4.79 Å². The van der Waals surface area contributed by atoms with Gasteiger partial charge in [0.05, 0.1) is 18.8 Å². The van der Waals surface area contributed by atoms with E-state index in [9.17, 15) is 55.5 Å². The predicted molar refractivity (Wildman–Crippen MR) is 149 cm³/mol. The maximum atomic E-state index is 13.7. The van der Waals surface area contributed by atoms with E-state index in [-0.39, 0.29) is 16.9 Å². The Kier molecular flexibility index (Phi) is 7.88. The lowest BCUT2D eigenvalue weighted by Crippen LogP contribution is -2.59. The number of benzene rings is 3. The molecule has 5 rings (SSSR count). The van der Waals surface area contributed by atoms with Crippen molar-refractivity contribution in [2.45, 2.75) is 37.6 Å². The first kappa shape index (κ1) is 30.9. The molecule has 0 saturated carbocycles. The zero-order valence-electron chi connectivity index (χ0n) is 23.2. The number of hydrogen-bond donors (Lipinski definition) is 9. The molecule has 1 fully saturated rings. The van der Waals surface area contributed by atoms with Crippen molar-refractivity contribution in [1.82, 2.24) is 0 Å². The Hall–Kier alpha value is -5.58. The Morgan fingerprint density at radius 2 is 1.38 bits per heavy atom. The zero-order valence-corrected chi connectivity index (χ0v) is 23.2. The van der Waals surface area contributed by atoms with Gasteiger partial charge in [0.2, 0.25) is 17.5 Å². The molecule has 238 valence electrons. The maximum absolute atomic E-state index is 13.7. The number of ether oxygens (including phenoxy) is 4. The first-order valence-corrected chi connectivity index (χ1v) is 13.0. The number of hydrogen-bond acceptors (Lipinski definition) is 16. The van der Waals surface area contributed by atoms with Gasteiger partial charge >= 0.3 is 5.97 Å². The molecule has 16 nitrogen and oxygen atoms in total. The summed E-state index contributed by atoms with van der Waals surface area (Å²) in [7, 11) is 1.29. The number of rotatable bonds is 6. The Morgan fingerprint density at radius 1 is 0.800 bits per heavy atom. The van der Waals surface area contributed by atoms with Crippen LogP contribution in [-0.4, -0.2) is 89.7 Å². The molecule has 1 aliphatic rings. The standard InChI is InChI=1S/C29H26O16/c1-9-20(35)26(44-28(40)11-5-16(33)22(37)17(34)6-11)24(39)29(42-9)45-27-23(38)19-13(30)7-12(41-2)8-18(19)43-25(27)10-3-14(31)21(36)15(32)4-10/h3-9,20,24,26,29-37,39H,1-2H3/t9-,20-,24+,26+,29-/m1/s1. The molecule has 4 aromatic rings. The first-order chi connectivity index (χ1) is 21.2. The highest BCUT2D eigenvalue weighted by atomic mass is 16.7. The SMILES string of the molecule is COc1cc(O)c2c(=O)c(O[C@H]3O[C@H](C)[C@@H](O)[C@H](OC(=O)c4cc(O)c(O)c(O)c4)[C@@H]3O)c(-c3cc(O)c(O)c(O)c3)oc2c1. The second-order valence-corrected chi connectivity index (χ2v) is 10.0. The average Bonchev–Trinajstić information content (AvgIpc) is 2.99. The Morgan fingerprint density at radius 3 is 1.96 bits per heavy atom. The molecule has 1 aromatic heterocycles. The van der Waals surface area contributed by atoms with Gasteiger partial charge in [-0.2, -0.15) is 0 Å². The van der Waals surface area contributed by atoms with Crippen molar-refractivity contribution in [2.75, 3.05) is 7.11 Å². The summed E-state index contributed by atoms with van der Waals surface area (Å²) in [5, 5.41) is 91.0. The van der Waals surface area contributed by atoms with Crippen LogP contribution >= 0.6 is 0 Å². The molecule has 16 heteroatoms. The van der Waals surface area contributed by atoms with Crippen LogP contribution in [0, 0.1) is 0 Å². The number of phenolic OH excluding ortho intramolecular Hbond substituents is 7. The molecule has 0 aliphatic carbocycles. The van der Waals surface area contributed by atoms with Gasteiger partial charge in [0.1, 0.15) is 28.6 Å². The molecule has 3 aromatic carbocycles. The summed E-state index contributed by atoms with van der Waals surface area (Å²) in [6, 6.07) is 5.74. The zero-order chi connectivity index (χ0) is 32.9. The van der Waals surface area contributed by atoms with Gasteiger partial charge in [-0.25, -0.2) is 4.79 Å². The van der Waals surface area contributed by atoms with Gasteiger partial charge in [0.25, 0.3) is 0 Å². The lowest BCUT2D eigenvalue weighted by atomic mass is 9.99. The topological polar surface area (TPSA) is 266 Å². The Balaban J connectivity index is 1.58. The monoisotopic (exact) mass is 630 g/mol. The summed E-state index contributed by atoms with van der Waals surface area (Å²) in [6.45, 7) is 1.32. The molecule has 45 heavy (non-hydrogen) atoms. The van der Waals surface area contributed by atoms with E-state index in [1.54, 1.807) is 0 Å². The van der Waals surface area contributed by atoms with Crippen LogP contribution in [0.4, 0.5) is 0 Å². The van der Waals surface area contributed by atoms with Crippen LogP contribution in [0.3, 0.4) is 0 Å². The molecular weight excluding hydrogens is 604 g/mol. The van der Waals surface area contributed by atoms with Crippen molar-refractivity contribution in [3.8, 4) is 63.1 Å². The molecule has 1 aliphatic heterocycles. The maximum Gasteiger partial charge on any atom is 0.338 e. The van der Waals surface area contributed by atoms with Crippen molar-refractivity contribution in [3.63, 3.8) is 0 Å². The highest BCUT2D eigenvalue weighted by Gasteiger charge is 2.47. The molecular formula is C29H26O16. The molecule has 2 heterocycles. The van der Waals surface area contributed by atoms with E-state index in [1.807, 2.05) is 0 Å². The second kappa shape index (κ2) is 11.5. The number of aliphatic hydroxyl groups is 2. The number of carbonyl (C=O) groups is 1. The number of aromatic hydroxyl groups is 7. The van der Waals surface area contributed by atoms with E-state index in [4.69, 9.17) is 23.4 Å². The predicted octanol–water partition coefficient (Wildman–Crippen LogP) is 1.48. The van der Waals surface area contributed by atoms with Crippen LogP contribution in [-0.2, 0) is 9.47 Å². The number of phenols is 7. The third kappa shape index (κ3) is 5.48. The van der Waals surface area contributed by atoms with Crippen LogP contribution in [0.1, 0.15) is 17.3 Å². The van der Waals surface area contributed by atoms with Gasteiger partial charge in [-0.15, -0.1) is 0 Å². The summed E-state index contributed by atoms with van der Waals surface area (Å²) in [4.78, 5) is 26.6. The fourth-order valence-corrected chi connectivity index (χ4v) is 4.67. The lowest BCUT2D eigenvalue weighted by Gasteiger charge is -2.40. The highest BCUT2D eigenvalue weighted by Crippen LogP contribution is 2.43. The van der Waals surface area contributed by atoms with E-state index in [1.165, 1.54) is 20.1 Å². The summed E-state index contributed by atoms with van der Waals surface area (Å²) in [6.07, 6.45) is -8.57. The van der Waals surface area contributed by atoms with Crippen LogP contribution in [0.15, 0.2) is 45.6 Å². The van der Waals surface area contributed by atoms with Crippen LogP contribution in [0.2, 0.25) is 0 Å². The normalized spacial score (nSPS) is 21.4. The number of fused-ring (bicyclic) bond motifs is 1. The average molecular weight is 631 g/mol. The van der Waals surface area contributed by atoms with E-state index in [0.717, 1.165) is 30.3 Å². The molecule has 0 amide bonds.